The summed E-state index contributed by atoms with van der Waals surface area (Å²) in [5.41, 5.74) is 1.64. The van der Waals surface area contributed by atoms with Crippen molar-refractivity contribution in [2.45, 2.75) is 31.7 Å². The Bertz CT molecular complexity index is 1250. The number of urea groups is 1. The SMILES string of the molecule is CC12CC(NC(=O)N1c1cccc(C(=O)NCc3ccc(F)cc3)c1)c1cc(Cl)ccc1O2. The Balaban J connectivity index is 1.39. The number of carbonyl (C=O) groups excluding carboxylic acids is 2. The maximum absolute atomic E-state index is 13.1. The minimum absolute atomic E-state index is 0.219. The van der Waals surface area contributed by atoms with Crippen molar-refractivity contribution in [2.75, 3.05) is 4.90 Å². The number of halogens is 2. The molecular formula is C25H21ClFN3O3. The maximum Gasteiger partial charge on any atom is 0.325 e. The van der Waals surface area contributed by atoms with Gasteiger partial charge >= 0.3 is 6.03 Å². The molecule has 3 amide bonds. The smallest absolute Gasteiger partial charge is 0.325 e. The zero-order chi connectivity index (χ0) is 23.2. The molecule has 3 aromatic carbocycles. The van der Waals surface area contributed by atoms with Crippen molar-refractivity contribution in [3.63, 3.8) is 0 Å². The topological polar surface area (TPSA) is 70.7 Å². The Kier molecular flexibility index (Phi) is 5.21. The Morgan fingerprint density at radius 2 is 2.00 bits per heavy atom. The first-order valence-corrected chi connectivity index (χ1v) is 10.9. The predicted molar refractivity (Wildman–Crippen MR) is 123 cm³/mol. The van der Waals surface area contributed by atoms with Crippen LogP contribution in [-0.4, -0.2) is 17.7 Å². The van der Waals surface area contributed by atoms with E-state index in [2.05, 4.69) is 10.6 Å². The van der Waals surface area contributed by atoms with Gasteiger partial charge in [-0.3, -0.25) is 9.69 Å². The van der Waals surface area contributed by atoms with E-state index in [1.807, 2.05) is 13.0 Å². The molecule has 2 heterocycles. The van der Waals surface area contributed by atoms with Gasteiger partial charge in [0.25, 0.3) is 5.91 Å². The van der Waals surface area contributed by atoms with Crippen LogP contribution in [-0.2, 0) is 6.54 Å². The van der Waals surface area contributed by atoms with E-state index < -0.39 is 5.72 Å². The quantitative estimate of drug-likeness (QED) is 0.557. The fraction of sp³-hybridized carbons (Fsp3) is 0.200. The molecule has 33 heavy (non-hydrogen) atoms. The number of benzene rings is 3. The number of carbonyl (C=O) groups is 2. The molecule has 1 saturated heterocycles. The molecule has 5 rings (SSSR count). The first-order chi connectivity index (χ1) is 15.8. The number of nitrogens with zero attached hydrogens (tertiary/aromatic N) is 1. The number of hydrogen-bond donors (Lipinski definition) is 2. The van der Waals surface area contributed by atoms with Crippen LogP contribution in [0, 0.1) is 5.82 Å². The zero-order valence-corrected chi connectivity index (χ0v) is 18.5. The van der Waals surface area contributed by atoms with E-state index in [4.69, 9.17) is 16.3 Å². The van der Waals surface area contributed by atoms with E-state index in [0.29, 0.717) is 28.4 Å². The highest BCUT2D eigenvalue weighted by molar-refractivity contribution is 6.30. The van der Waals surface area contributed by atoms with Crippen molar-refractivity contribution in [2.24, 2.45) is 0 Å². The average Bonchev–Trinajstić information content (AvgIpc) is 2.79. The van der Waals surface area contributed by atoms with Crippen LogP contribution < -0.4 is 20.3 Å². The first kappa shape index (κ1) is 21.3. The number of hydrogen-bond acceptors (Lipinski definition) is 3. The summed E-state index contributed by atoms with van der Waals surface area (Å²) in [7, 11) is 0. The highest BCUT2D eigenvalue weighted by Gasteiger charge is 2.49. The highest BCUT2D eigenvalue weighted by atomic mass is 35.5. The van der Waals surface area contributed by atoms with Gasteiger partial charge in [-0.25, -0.2) is 9.18 Å². The third kappa shape index (κ3) is 4.00. The second-order valence-corrected chi connectivity index (χ2v) is 8.80. The summed E-state index contributed by atoms with van der Waals surface area (Å²) in [6.07, 6.45) is 0.521. The van der Waals surface area contributed by atoms with Gasteiger partial charge in [-0.15, -0.1) is 0 Å². The minimum Gasteiger partial charge on any atom is -0.467 e. The van der Waals surface area contributed by atoms with Gasteiger partial charge in [0.05, 0.1) is 11.7 Å². The third-order valence-corrected chi connectivity index (χ3v) is 6.20. The van der Waals surface area contributed by atoms with E-state index in [9.17, 15) is 14.0 Å². The van der Waals surface area contributed by atoms with Gasteiger partial charge in [0.15, 0.2) is 5.72 Å². The molecule has 1 fully saturated rings. The third-order valence-electron chi connectivity index (χ3n) is 5.97. The molecular weight excluding hydrogens is 445 g/mol. The molecule has 0 saturated carbocycles. The maximum atomic E-state index is 13.1. The Labute approximate surface area is 195 Å². The molecule has 2 atom stereocenters. The number of ether oxygens (including phenoxy) is 1. The molecule has 0 spiro atoms. The van der Waals surface area contributed by atoms with Gasteiger partial charge in [-0.2, -0.15) is 0 Å². The standard InChI is InChI=1S/C25H21ClFN3O3/c1-25-13-21(20-12-17(26)7-10-22(20)33-25)29-24(32)30(25)19-4-2-3-16(11-19)23(31)28-14-15-5-8-18(27)9-6-15/h2-12,21H,13-14H2,1H3,(H,28,31)(H,29,32). The van der Waals surface area contributed by atoms with E-state index in [0.717, 1.165) is 11.1 Å². The van der Waals surface area contributed by atoms with Crippen LogP contribution in [0.15, 0.2) is 66.7 Å². The molecule has 2 aliphatic rings. The van der Waals surface area contributed by atoms with Crippen LogP contribution in [0.4, 0.5) is 14.9 Å². The lowest BCUT2D eigenvalue weighted by molar-refractivity contribution is 0.0378. The normalized spacial score (nSPS) is 21.0. The average molecular weight is 466 g/mol. The monoisotopic (exact) mass is 465 g/mol. The van der Waals surface area contributed by atoms with Crippen molar-refractivity contribution >= 4 is 29.2 Å². The molecule has 8 heteroatoms. The van der Waals surface area contributed by atoms with Crippen molar-refractivity contribution in [1.29, 1.82) is 0 Å². The van der Waals surface area contributed by atoms with E-state index in [1.54, 1.807) is 48.5 Å². The molecule has 3 aromatic rings. The second-order valence-electron chi connectivity index (χ2n) is 8.36. The zero-order valence-electron chi connectivity index (χ0n) is 17.8. The minimum atomic E-state index is -0.933. The van der Waals surface area contributed by atoms with Gasteiger partial charge in [-0.1, -0.05) is 29.8 Å². The summed E-state index contributed by atoms with van der Waals surface area (Å²) >= 11 is 6.13. The predicted octanol–water partition coefficient (Wildman–Crippen LogP) is 5.18. The van der Waals surface area contributed by atoms with Crippen LogP contribution in [0.1, 0.15) is 40.9 Å². The molecule has 0 aliphatic carbocycles. The molecule has 2 unspecified atom stereocenters. The molecule has 0 radical (unpaired) electrons. The number of anilines is 1. The first-order valence-electron chi connectivity index (χ1n) is 10.5. The molecule has 6 nitrogen and oxygen atoms in total. The second kappa shape index (κ2) is 8.08. The van der Waals surface area contributed by atoms with Gasteiger partial charge in [0.2, 0.25) is 0 Å². The largest absolute Gasteiger partial charge is 0.467 e. The van der Waals surface area contributed by atoms with Gasteiger partial charge < -0.3 is 15.4 Å². The fourth-order valence-electron chi connectivity index (χ4n) is 4.41. The summed E-state index contributed by atoms with van der Waals surface area (Å²) in [6, 6.07) is 17.6. The van der Waals surface area contributed by atoms with Gasteiger partial charge in [0, 0.05) is 29.1 Å². The van der Waals surface area contributed by atoms with Gasteiger partial charge in [0.1, 0.15) is 11.6 Å². The summed E-state index contributed by atoms with van der Waals surface area (Å²) < 4.78 is 19.4. The van der Waals surface area contributed by atoms with Crippen LogP contribution in [0.2, 0.25) is 5.02 Å². The number of amides is 3. The van der Waals surface area contributed by atoms with Crippen molar-refractivity contribution in [3.8, 4) is 5.75 Å². The van der Waals surface area contributed by atoms with Crippen LogP contribution in [0.5, 0.6) is 5.75 Å². The van der Waals surface area contributed by atoms with Crippen molar-refractivity contribution < 1.29 is 18.7 Å². The Morgan fingerprint density at radius 1 is 1.21 bits per heavy atom. The van der Waals surface area contributed by atoms with Crippen molar-refractivity contribution in [3.05, 3.63) is 94.3 Å². The molecule has 2 bridgehead atoms. The van der Waals surface area contributed by atoms with Crippen molar-refractivity contribution in [1.82, 2.24) is 10.6 Å². The lowest BCUT2D eigenvalue weighted by Crippen LogP contribution is -2.65. The summed E-state index contributed by atoms with van der Waals surface area (Å²) in [5, 5.41) is 6.43. The molecule has 0 aromatic heterocycles. The van der Waals surface area contributed by atoms with Crippen LogP contribution >= 0.6 is 11.6 Å². The molecule has 2 N–H and O–H groups in total. The Hall–Kier alpha value is -3.58. The van der Waals surface area contributed by atoms with E-state index >= 15 is 0 Å². The number of rotatable bonds is 4. The molecule has 168 valence electrons. The number of fused-ring (bicyclic) bond motifs is 4. The van der Waals surface area contributed by atoms with Crippen LogP contribution in [0.25, 0.3) is 0 Å². The van der Waals surface area contributed by atoms with Crippen LogP contribution in [0.3, 0.4) is 0 Å². The fourth-order valence-corrected chi connectivity index (χ4v) is 4.59. The van der Waals surface area contributed by atoms with Gasteiger partial charge in [-0.05, 0) is 61.0 Å². The molecule has 2 aliphatic heterocycles. The summed E-state index contributed by atoms with van der Waals surface area (Å²) in [4.78, 5) is 27.4. The summed E-state index contributed by atoms with van der Waals surface area (Å²) in [5.74, 6) is 0.0338. The van der Waals surface area contributed by atoms with E-state index in [-0.39, 0.29) is 30.3 Å². The van der Waals surface area contributed by atoms with E-state index in [1.165, 1.54) is 17.0 Å². The number of nitrogens with one attached hydrogen (secondary N) is 2. The summed E-state index contributed by atoms with van der Waals surface area (Å²) in [6.45, 7) is 2.12. The Morgan fingerprint density at radius 3 is 2.79 bits per heavy atom. The highest BCUT2D eigenvalue weighted by Crippen LogP contribution is 2.46. The lowest BCUT2D eigenvalue weighted by atomic mass is 9.90. The lowest BCUT2D eigenvalue weighted by Gasteiger charge is -2.50.